The minimum Gasteiger partial charge on any atom is -0.353 e. The molecular formula is C17H6F17NO. The third-order valence-electron chi connectivity index (χ3n) is 4.80. The van der Waals surface area contributed by atoms with Gasteiger partial charge in [0.1, 0.15) is 0 Å². The summed E-state index contributed by atoms with van der Waals surface area (Å²) >= 11 is 0. The molecule has 2 rings (SSSR count). The Hall–Kier alpha value is -2.76. The van der Waals surface area contributed by atoms with Crippen LogP contribution in [0, 0.1) is 0 Å². The van der Waals surface area contributed by atoms with E-state index < -0.39 is 75.7 Å². The van der Waals surface area contributed by atoms with Gasteiger partial charge in [-0.3, -0.25) is 4.79 Å². The Morgan fingerprint density at radius 2 is 0.917 bits per heavy atom. The fraction of sp³-hybridized carbons (Fsp3) is 0.471. The molecule has 19 heteroatoms. The standard InChI is InChI=1S/C17H6F17NO/c18-10(19,9-5-8(36)6-3-1-2-4-7(6)35-9)11(20,21)12(22,23)13(24,25)14(26,27)15(28,29)16(30,31)17(32,33)34/h1-5H,(H,35,36). The van der Waals surface area contributed by atoms with Crippen molar-refractivity contribution in [2.75, 3.05) is 0 Å². The average molecular weight is 563 g/mol. The molecular weight excluding hydrogens is 557 g/mol. The Bertz CT molecular complexity index is 1190. The second-order valence-electron chi connectivity index (χ2n) is 7.11. The van der Waals surface area contributed by atoms with E-state index in [0.717, 1.165) is 18.2 Å². The SMILES string of the molecule is O=c1cc(C(F)(F)C(F)(F)C(F)(F)C(F)(F)C(F)(F)C(F)(F)C(F)(F)C(F)(F)F)[nH]c2ccccc12. The maximum atomic E-state index is 14.3. The van der Waals surface area contributed by atoms with Crippen molar-refractivity contribution in [2.45, 2.75) is 47.6 Å². The first-order chi connectivity index (χ1) is 15.7. The number of alkyl halides is 17. The van der Waals surface area contributed by atoms with Gasteiger partial charge < -0.3 is 4.98 Å². The van der Waals surface area contributed by atoms with E-state index in [2.05, 4.69) is 0 Å². The van der Waals surface area contributed by atoms with Crippen molar-refractivity contribution < 1.29 is 74.6 Å². The van der Waals surface area contributed by atoms with Gasteiger partial charge in [0.2, 0.25) is 0 Å². The van der Waals surface area contributed by atoms with Gasteiger partial charge in [0.25, 0.3) is 0 Å². The highest BCUT2D eigenvalue weighted by Crippen LogP contribution is 2.64. The summed E-state index contributed by atoms with van der Waals surface area (Å²) in [7, 11) is 0. The largest absolute Gasteiger partial charge is 0.460 e. The molecule has 1 N–H and O–H groups in total. The van der Waals surface area contributed by atoms with Gasteiger partial charge in [-0.1, -0.05) is 12.1 Å². The molecule has 0 spiro atoms. The number of aromatic nitrogens is 1. The molecule has 0 bridgehead atoms. The summed E-state index contributed by atoms with van der Waals surface area (Å²) in [4.78, 5) is 13.0. The van der Waals surface area contributed by atoms with Crippen molar-refractivity contribution in [2.24, 2.45) is 0 Å². The molecule has 0 amide bonds. The molecule has 1 aromatic heterocycles. The van der Waals surface area contributed by atoms with Gasteiger partial charge in [-0.25, -0.2) is 0 Å². The second-order valence-corrected chi connectivity index (χ2v) is 7.11. The lowest BCUT2D eigenvalue weighted by Gasteiger charge is -2.42. The van der Waals surface area contributed by atoms with Crippen molar-refractivity contribution in [1.29, 1.82) is 0 Å². The smallest absolute Gasteiger partial charge is 0.353 e. The number of hydrogen-bond acceptors (Lipinski definition) is 1. The van der Waals surface area contributed by atoms with Crippen molar-refractivity contribution in [3.05, 3.63) is 46.2 Å². The number of hydrogen-bond donors (Lipinski definition) is 1. The third-order valence-corrected chi connectivity index (χ3v) is 4.80. The monoisotopic (exact) mass is 563 g/mol. The lowest BCUT2D eigenvalue weighted by molar-refractivity contribution is -0.462. The van der Waals surface area contributed by atoms with Crippen LogP contribution in [0.25, 0.3) is 10.9 Å². The zero-order chi connectivity index (χ0) is 28.6. The average Bonchev–Trinajstić information content (AvgIpc) is 2.72. The van der Waals surface area contributed by atoms with Gasteiger partial charge in [-0.05, 0) is 12.1 Å². The topological polar surface area (TPSA) is 32.9 Å². The molecule has 1 aromatic carbocycles. The lowest BCUT2D eigenvalue weighted by atomic mass is 9.88. The van der Waals surface area contributed by atoms with E-state index >= 15 is 0 Å². The third kappa shape index (κ3) is 3.59. The summed E-state index contributed by atoms with van der Waals surface area (Å²) in [6.45, 7) is 0. The Morgan fingerprint density at radius 1 is 0.528 bits per heavy atom. The van der Waals surface area contributed by atoms with Crippen LogP contribution in [0.4, 0.5) is 74.6 Å². The van der Waals surface area contributed by atoms with Gasteiger partial charge in [-0.15, -0.1) is 0 Å². The molecule has 2 aromatic rings. The summed E-state index contributed by atoms with van der Waals surface area (Å²) < 4.78 is 227. The summed E-state index contributed by atoms with van der Waals surface area (Å²) in [5, 5.41) is -0.571. The fourth-order valence-corrected chi connectivity index (χ4v) is 2.70. The van der Waals surface area contributed by atoms with Crippen LogP contribution < -0.4 is 5.43 Å². The molecule has 0 radical (unpaired) electrons. The highest BCUT2D eigenvalue weighted by molar-refractivity contribution is 5.78. The second kappa shape index (κ2) is 7.87. The highest BCUT2D eigenvalue weighted by atomic mass is 19.4. The number of fused-ring (bicyclic) bond motifs is 1. The number of pyridine rings is 1. The highest BCUT2D eigenvalue weighted by Gasteiger charge is 2.95. The van der Waals surface area contributed by atoms with Crippen molar-refractivity contribution in [1.82, 2.24) is 4.98 Å². The lowest BCUT2D eigenvalue weighted by Crippen LogP contribution is -2.74. The van der Waals surface area contributed by atoms with E-state index in [0.29, 0.717) is 6.07 Å². The molecule has 0 aliphatic rings. The number of benzene rings is 1. The van der Waals surface area contributed by atoms with Crippen LogP contribution >= 0.6 is 0 Å². The van der Waals surface area contributed by atoms with Crippen LogP contribution in [0.5, 0.6) is 0 Å². The summed E-state index contributed by atoms with van der Waals surface area (Å²) in [6.07, 6.45) is -7.82. The zero-order valence-electron chi connectivity index (χ0n) is 16.2. The maximum Gasteiger partial charge on any atom is 0.460 e. The number of para-hydroxylation sites is 1. The molecule has 2 nitrogen and oxygen atoms in total. The molecule has 36 heavy (non-hydrogen) atoms. The molecule has 0 saturated heterocycles. The van der Waals surface area contributed by atoms with Gasteiger partial charge in [0.05, 0.1) is 5.69 Å². The molecule has 0 aliphatic heterocycles. The zero-order valence-corrected chi connectivity index (χ0v) is 16.2. The molecule has 0 aliphatic carbocycles. The van der Waals surface area contributed by atoms with Crippen LogP contribution in [0.2, 0.25) is 0 Å². The van der Waals surface area contributed by atoms with E-state index in [-0.39, 0.29) is 0 Å². The molecule has 0 atom stereocenters. The van der Waals surface area contributed by atoms with E-state index in [9.17, 15) is 79.4 Å². The van der Waals surface area contributed by atoms with E-state index in [1.54, 1.807) is 0 Å². The first-order valence-corrected chi connectivity index (χ1v) is 8.57. The van der Waals surface area contributed by atoms with Crippen LogP contribution in [-0.2, 0) is 5.92 Å². The quantitative estimate of drug-likeness (QED) is 0.362. The number of rotatable bonds is 7. The van der Waals surface area contributed by atoms with Crippen LogP contribution in [0.15, 0.2) is 35.1 Å². The van der Waals surface area contributed by atoms with Gasteiger partial charge in [0, 0.05) is 17.0 Å². The van der Waals surface area contributed by atoms with Gasteiger partial charge in [-0.2, -0.15) is 74.6 Å². The van der Waals surface area contributed by atoms with Crippen LogP contribution in [0.1, 0.15) is 5.69 Å². The first kappa shape index (κ1) is 29.5. The van der Waals surface area contributed by atoms with Gasteiger partial charge in [0.15, 0.2) is 5.43 Å². The van der Waals surface area contributed by atoms with Crippen molar-refractivity contribution in [3.8, 4) is 0 Å². The number of halogens is 17. The van der Waals surface area contributed by atoms with E-state index in [1.807, 2.05) is 0 Å². The molecule has 0 fully saturated rings. The van der Waals surface area contributed by atoms with Crippen LogP contribution in [0.3, 0.4) is 0 Å². The number of aromatic amines is 1. The predicted molar refractivity (Wildman–Crippen MR) is 84.2 cm³/mol. The van der Waals surface area contributed by atoms with Crippen molar-refractivity contribution >= 4 is 10.9 Å². The normalized spacial score (nSPS) is 15.5. The van der Waals surface area contributed by atoms with Crippen LogP contribution in [-0.4, -0.2) is 46.7 Å². The Kier molecular flexibility index (Phi) is 6.44. The number of nitrogens with one attached hydrogen (secondary N) is 1. The molecule has 0 unspecified atom stereocenters. The Morgan fingerprint density at radius 3 is 1.36 bits per heavy atom. The van der Waals surface area contributed by atoms with E-state index in [4.69, 9.17) is 0 Å². The summed E-state index contributed by atoms with van der Waals surface area (Å²) in [5.41, 5.74) is -5.12. The minimum absolute atomic E-state index is 0.571. The molecule has 1 heterocycles. The number of H-pyrrole nitrogens is 1. The fourth-order valence-electron chi connectivity index (χ4n) is 2.70. The molecule has 0 saturated carbocycles. The van der Waals surface area contributed by atoms with E-state index in [1.165, 1.54) is 4.98 Å². The Labute approximate surface area is 185 Å². The summed E-state index contributed by atoms with van der Waals surface area (Å²) in [5.74, 6) is -57.4. The summed E-state index contributed by atoms with van der Waals surface area (Å²) in [6, 6.07) is 3.01. The maximum absolute atomic E-state index is 14.3. The first-order valence-electron chi connectivity index (χ1n) is 8.57. The van der Waals surface area contributed by atoms with Crippen molar-refractivity contribution in [3.63, 3.8) is 0 Å². The predicted octanol–water partition coefficient (Wildman–Crippen LogP) is 6.99. The Balaban J connectivity index is 2.73. The van der Waals surface area contributed by atoms with Gasteiger partial charge >= 0.3 is 47.6 Å². The molecule has 204 valence electrons. The minimum atomic E-state index is -8.71.